The molecule has 5 heteroatoms. The number of nitrogens with zero attached hydrogens (tertiary/aromatic N) is 3. The molecule has 0 unspecified atom stereocenters. The largest absolute Gasteiger partial charge is 0.401 e. The monoisotopic (exact) mass is 194 g/mol. The van der Waals surface area contributed by atoms with Crippen LogP contribution in [0, 0.1) is 11.8 Å². The van der Waals surface area contributed by atoms with E-state index in [9.17, 15) is 4.91 Å². The highest BCUT2D eigenvalue weighted by molar-refractivity contribution is 5.39. The highest BCUT2D eigenvalue weighted by atomic mass is 16.3. The van der Waals surface area contributed by atoms with E-state index in [-0.39, 0.29) is 0 Å². The van der Waals surface area contributed by atoms with Crippen LogP contribution >= 0.6 is 0 Å². The van der Waals surface area contributed by atoms with Crippen molar-refractivity contribution in [2.75, 3.05) is 0 Å². The van der Waals surface area contributed by atoms with E-state index in [1.807, 2.05) is 13.8 Å². The molecule has 0 spiro atoms. The minimum absolute atomic E-state index is 0.333. The summed E-state index contributed by atoms with van der Waals surface area (Å²) in [4.78, 5) is 10.4. The molecular weight excluding hydrogens is 180 g/mol. The standard InChI is InChI=1S/C9H14N4O/c1-6-8(12-14)5-11-13(6)9(3,4)7(2)10/h5H,2,10H2,1,3-4H3. The first-order valence-corrected chi connectivity index (χ1v) is 4.24. The zero-order valence-electron chi connectivity index (χ0n) is 8.61. The Bertz CT molecular complexity index is 378. The van der Waals surface area contributed by atoms with Crippen LogP contribution in [0.3, 0.4) is 0 Å². The molecule has 0 radical (unpaired) electrons. The summed E-state index contributed by atoms with van der Waals surface area (Å²) in [5.41, 5.74) is 6.66. The van der Waals surface area contributed by atoms with Gasteiger partial charge < -0.3 is 5.73 Å². The summed E-state index contributed by atoms with van der Waals surface area (Å²) in [6.07, 6.45) is 1.42. The molecule has 0 saturated heterocycles. The van der Waals surface area contributed by atoms with E-state index in [1.165, 1.54) is 6.20 Å². The molecule has 0 aromatic carbocycles. The molecule has 0 bridgehead atoms. The fraction of sp³-hybridized carbons (Fsp3) is 0.444. The van der Waals surface area contributed by atoms with Crippen LogP contribution in [-0.4, -0.2) is 9.78 Å². The number of rotatable bonds is 3. The molecule has 0 aliphatic rings. The lowest BCUT2D eigenvalue weighted by Gasteiger charge is -2.26. The molecule has 1 aromatic heterocycles. The molecule has 0 atom stereocenters. The van der Waals surface area contributed by atoms with Crippen LogP contribution < -0.4 is 5.73 Å². The number of nitrogens with two attached hydrogens (primary N) is 1. The third-order valence-electron chi connectivity index (χ3n) is 2.40. The van der Waals surface area contributed by atoms with Crippen LogP contribution in [0.25, 0.3) is 0 Å². The van der Waals surface area contributed by atoms with E-state index >= 15 is 0 Å². The predicted octanol–water partition coefficient (Wildman–Crippen LogP) is 1.80. The van der Waals surface area contributed by atoms with Crippen molar-refractivity contribution in [3.05, 3.63) is 29.1 Å². The lowest BCUT2D eigenvalue weighted by Crippen LogP contribution is -2.33. The Morgan fingerprint density at radius 2 is 2.29 bits per heavy atom. The number of hydrogen-bond acceptors (Lipinski definition) is 4. The van der Waals surface area contributed by atoms with E-state index in [4.69, 9.17) is 5.73 Å². The zero-order valence-corrected chi connectivity index (χ0v) is 8.61. The number of nitroso groups, excluding NO2 is 1. The molecule has 14 heavy (non-hydrogen) atoms. The lowest BCUT2D eigenvalue weighted by atomic mass is 10.0. The summed E-state index contributed by atoms with van der Waals surface area (Å²) in [5.74, 6) is 0. The fourth-order valence-electron chi connectivity index (χ4n) is 1.19. The van der Waals surface area contributed by atoms with Gasteiger partial charge in [0.25, 0.3) is 0 Å². The van der Waals surface area contributed by atoms with Crippen LogP contribution in [0.1, 0.15) is 19.5 Å². The van der Waals surface area contributed by atoms with Crippen molar-refractivity contribution in [1.29, 1.82) is 0 Å². The van der Waals surface area contributed by atoms with E-state index in [0.29, 0.717) is 17.1 Å². The predicted molar refractivity (Wildman–Crippen MR) is 55.1 cm³/mol. The zero-order chi connectivity index (χ0) is 10.9. The van der Waals surface area contributed by atoms with Gasteiger partial charge in [0.1, 0.15) is 5.69 Å². The molecule has 2 N–H and O–H groups in total. The van der Waals surface area contributed by atoms with Gasteiger partial charge in [0, 0.05) is 5.70 Å². The van der Waals surface area contributed by atoms with E-state index < -0.39 is 5.54 Å². The van der Waals surface area contributed by atoms with Crippen LogP contribution in [-0.2, 0) is 5.54 Å². The maximum absolute atomic E-state index is 10.4. The van der Waals surface area contributed by atoms with Crippen molar-refractivity contribution in [1.82, 2.24) is 9.78 Å². The minimum Gasteiger partial charge on any atom is -0.401 e. The molecule has 5 nitrogen and oxygen atoms in total. The van der Waals surface area contributed by atoms with Crippen molar-refractivity contribution < 1.29 is 0 Å². The van der Waals surface area contributed by atoms with Crippen molar-refractivity contribution in [2.45, 2.75) is 26.3 Å². The van der Waals surface area contributed by atoms with Crippen molar-refractivity contribution >= 4 is 5.69 Å². The Labute approximate surface area is 82.6 Å². The van der Waals surface area contributed by atoms with Gasteiger partial charge in [-0.05, 0) is 25.9 Å². The van der Waals surface area contributed by atoms with Gasteiger partial charge in [-0.2, -0.15) is 5.10 Å². The Morgan fingerprint density at radius 1 is 1.71 bits per heavy atom. The Kier molecular flexibility index (Phi) is 2.42. The molecule has 0 amide bonds. The summed E-state index contributed by atoms with van der Waals surface area (Å²) in [6, 6.07) is 0. The first-order chi connectivity index (χ1) is 6.41. The van der Waals surface area contributed by atoms with E-state index in [2.05, 4.69) is 16.9 Å². The molecule has 1 aromatic rings. The Morgan fingerprint density at radius 3 is 2.64 bits per heavy atom. The van der Waals surface area contributed by atoms with Crippen LogP contribution in [0.2, 0.25) is 0 Å². The molecule has 0 saturated carbocycles. The van der Waals surface area contributed by atoms with Gasteiger partial charge in [0.05, 0.1) is 17.4 Å². The van der Waals surface area contributed by atoms with Crippen LogP contribution in [0.15, 0.2) is 23.6 Å². The highest BCUT2D eigenvalue weighted by Gasteiger charge is 2.25. The molecule has 0 aliphatic heterocycles. The van der Waals surface area contributed by atoms with Gasteiger partial charge >= 0.3 is 0 Å². The quantitative estimate of drug-likeness (QED) is 0.745. The average Bonchev–Trinajstić information content (AvgIpc) is 2.46. The minimum atomic E-state index is -0.507. The molecule has 76 valence electrons. The summed E-state index contributed by atoms with van der Waals surface area (Å²) >= 11 is 0. The van der Waals surface area contributed by atoms with Crippen molar-refractivity contribution in [3.8, 4) is 0 Å². The second kappa shape index (κ2) is 3.25. The average molecular weight is 194 g/mol. The third kappa shape index (κ3) is 1.41. The highest BCUT2D eigenvalue weighted by Crippen LogP contribution is 2.26. The van der Waals surface area contributed by atoms with Gasteiger partial charge in [-0.25, -0.2) is 0 Å². The maximum atomic E-state index is 10.4. The Balaban J connectivity index is 3.26. The summed E-state index contributed by atoms with van der Waals surface area (Å²) in [6.45, 7) is 9.22. The van der Waals surface area contributed by atoms with Gasteiger partial charge in [-0.1, -0.05) is 6.58 Å². The summed E-state index contributed by atoms with van der Waals surface area (Å²) in [5, 5.41) is 6.92. The van der Waals surface area contributed by atoms with Gasteiger partial charge in [0.15, 0.2) is 0 Å². The molecule has 0 aliphatic carbocycles. The topological polar surface area (TPSA) is 73.3 Å². The van der Waals surface area contributed by atoms with Gasteiger partial charge in [-0.15, -0.1) is 4.91 Å². The molecule has 1 rings (SSSR count). The number of hydrogen-bond donors (Lipinski definition) is 1. The number of allylic oxidation sites excluding steroid dienone is 1. The van der Waals surface area contributed by atoms with E-state index in [1.54, 1.807) is 11.6 Å². The molecule has 0 fully saturated rings. The second-order valence-electron chi connectivity index (χ2n) is 3.70. The SMILES string of the molecule is C=C(N)C(C)(C)n1ncc(N=O)c1C. The smallest absolute Gasteiger partial charge is 0.148 e. The Hall–Kier alpha value is -1.65. The first-order valence-electron chi connectivity index (χ1n) is 4.24. The third-order valence-corrected chi connectivity index (χ3v) is 2.40. The van der Waals surface area contributed by atoms with Crippen molar-refractivity contribution in [3.63, 3.8) is 0 Å². The van der Waals surface area contributed by atoms with Gasteiger partial charge in [-0.3, -0.25) is 4.68 Å². The number of aromatic nitrogens is 2. The molecular formula is C9H14N4O. The second-order valence-corrected chi connectivity index (χ2v) is 3.70. The van der Waals surface area contributed by atoms with Crippen LogP contribution in [0.5, 0.6) is 0 Å². The fourth-order valence-corrected chi connectivity index (χ4v) is 1.19. The van der Waals surface area contributed by atoms with E-state index in [0.717, 1.165) is 0 Å². The van der Waals surface area contributed by atoms with Crippen molar-refractivity contribution in [2.24, 2.45) is 10.9 Å². The van der Waals surface area contributed by atoms with Gasteiger partial charge in [0.2, 0.25) is 0 Å². The maximum Gasteiger partial charge on any atom is 0.148 e. The normalized spacial score (nSPS) is 11.4. The van der Waals surface area contributed by atoms with Crippen LogP contribution in [0.4, 0.5) is 5.69 Å². The first kappa shape index (κ1) is 10.4. The molecule has 1 heterocycles. The summed E-state index contributed by atoms with van der Waals surface area (Å²) in [7, 11) is 0. The summed E-state index contributed by atoms with van der Waals surface area (Å²) < 4.78 is 1.64. The lowest BCUT2D eigenvalue weighted by molar-refractivity contribution is 0.371.